The van der Waals surface area contributed by atoms with E-state index in [2.05, 4.69) is 15.0 Å². The van der Waals surface area contributed by atoms with Crippen LogP contribution in [0.4, 0.5) is 5.82 Å². The fourth-order valence-corrected chi connectivity index (χ4v) is 3.03. The molecule has 1 aromatic heterocycles. The molecule has 2 aromatic rings. The monoisotopic (exact) mass is 349 g/mol. The molecule has 1 heterocycles. The van der Waals surface area contributed by atoms with Crippen molar-refractivity contribution in [2.24, 2.45) is 0 Å². The molecule has 1 aromatic carbocycles. The van der Waals surface area contributed by atoms with Gasteiger partial charge in [0.25, 0.3) is 5.91 Å². The summed E-state index contributed by atoms with van der Waals surface area (Å²) in [5.41, 5.74) is 0.939. The number of rotatable bonds is 7. The third kappa shape index (κ3) is 4.60. The van der Waals surface area contributed by atoms with E-state index in [0.717, 1.165) is 0 Å². The van der Waals surface area contributed by atoms with Gasteiger partial charge >= 0.3 is 0 Å². The first-order chi connectivity index (χ1) is 11.4. The van der Waals surface area contributed by atoms with Crippen LogP contribution in [0.5, 0.6) is 0 Å². The van der Waals surface area contributed by atoms with Crippen LogP contribution in [-0.2, 0) is 14.8 Å². The molecule has 0 fully saturated rings. The minimum atomic E-state index is -3.70. The predicted octanol–water partition coefficient (Wildman–Crippen LogP) is 1.57. The second-order valence-electron chi connectivity index (χ2n) is 5.04. The maximum Gasteiger partial charge on any atom is 0.257 e. The zero-order valence-electron chi connectivity index (χ0n) is 13.4. The number of anilines is 1. The molecule has 0 aliphatic rings. The lowest BCUT2D eigenvalue weighted by molar-refractivity contribution is 0.102. The van der Waals surface area contributed by atoms with Crippen molar-refractivity contribution in [2.45, 2.75) is 11.8 Å². The molecule has 24 heavy (non-hydrogen) atoms. The standard InChI is InChI=1S/C16H19N3O4S/c1-12-6-7-13(24(21,22)18-9-10-23-2)11-14(12)16(20)19-15-5-3-4-8-17-15/h3-8,11,18H,9-10H2,1-2H3,(H,17,19,20). The van der Waals surface area contributed by atoms with Gasteiger partial charge in [-0.3, -0.25) is 4.79 Å². The summed E-state index contributed by atoms with van der Waals surface area (Å²) in [6.45, 7) is 2.16. The summed E-state index contributed by atoms with van der Waals surface area (Å²) in [5.74, 6) is -0.0199. The minimum absolute atomic E-state index is 0.0235. The molecule has 0 atom stereocenters. The summed E-state index contributed by atoms with van der Waals surface area (Å²) >= 11 is 0. The van der Waals surface area contributed by atoms with Gasteiger partial charge in [0.05, 0.1) is 11.5 Å². The maximum absolute atomic E-state index is 12.4. The number of hydrogen-bond acceptors (Lipinski definition) is 5. The number of aromatic nitrogens is 1. The minimum Gasteiger partial charge on any atom is -0.383 e. The van der Waals surface area contributed by atoms with Crippen LogP contribution >= 0.6 is 0 Å². The molecule has 0 saturated carbocycles. The highest BCUT2D eigenvalue weighted by molar-refractivity contribution is 7.89. The predicted molar refractivity (Wildman–Crippen MR) is 90.4 cm³/mol. The Morgan fingerprint density at radius 2 is 2.04 bits per heavy atom. The highest BCUT2D eigenvalue weighted by Crippen LogP contribution is 2.17. The zero-order valence-corrected chi connectivity index (χ0v) is 14.3. The molecule has 2 N–H and O–H groups in total. The van der Waals surface area contributed by atoms with Crippen molar-refractivity contribution < 1.29 is 17.9 Å². The largest absolute Gasteiger partial charge is 0.383 e. The highest BCUT2D eigenvalue weighted by Gasteiger charge is 2.18. The quantitative estimate of drug-likeness (QED) is 0.740. The molecule has 2 rings (SSSR count). The van der Waals surface area contributed by atoms with Crippen LogP contribution in [0.1, 0.15) is 15.9 Å². The van der Waals surface area contributed by atoms with Gasteiger partial charge in [-0.15, -0.1) is 0 Å². The first-order valence-corrected chi connectivity index (χ1v) is 8.74. The van der Waals surface area contributed by atoms with E-state index >= 15 is 0 Å². The Hall–Kier alpha value is -2.29. The summed E-state index contributed by atoms with van der Waals surface area (Å²) in [4.78, 5) is 16.4. The van der Waals surface area contributed by atoms with Gasteiger partial charge in [-0.2, -0.15) is 0 Å². The van der Waals surface area contributed by atoms with Gasteiger partial charge in [-0.05, 0) is 36.8 Å². The topological polar surface area (TPSA) is 97.4 Å². The SMILES string of the molecule is COCCNS(=O)(=O)c1ccc(C)c(C(=O)Nc2ccccn2)c1. The Morgan fingerprint density at radius 1 is 1.25 bits per heavy atom. The average molecular weight is 349 g/mol. The molecule has 0 bridgehead atoms. The number of hydrogen-bond donors (Lipinski definition) is 2. The van der Waals surface area contributed by atoms with Crippen LogP contribution in [0.3, 0.4) is 0 Å². The smallest absolute Gasteiger partial charge is 0.257 e. The van der Waals surface area contributed by atoms with Gasteiger partial charge in [0.2, 0.25) is 10.0 Å². The summed E-state index contributed by atoms with van der Waals surface area (Å²) < 4.78 is 31.7. The fraction of sp³-hybridized carbons (Fsp3) is 0.250. The lowest BCUT2D eigenvalue weighted by atomic mass is 10.1. The van der Waals surface area contributed by atoms with Crippen LogP contribution in [-0.4, -0.2) is 39.6 Å². The van der Waals surface area contributed by atoms with Crippen molar-refractivity contribution in [2.75, 3.05) is 25.6 Å². The number of ether oxygens (including phenoxy) is 1. The molecule has 8 heteroatoms. The summed E-state index contributed by atoms with van der Waals surface area (Å²) in [6, 6.07) is 9.54. The molecule has 1 amide bonds. The van der Waals surface area contributed by atoms with Gasteiger partial charge in [0.1, 0.15) is 5.82 Å². The van der Waals surface area contributed by atoms with Crippen molar-refractivity contribution in [1.29, 1.82) is 0 Å². The van der Waals surface area contributed by atoms with E-state index < -0.39 is 15.9 Å². The molecule has 0 spiro atoms. The average Bonchev–Trinajstić information content (AvgIpc) is 2.56. The van der Waals surface area contributed by atoms with Gasteiger partial charge in [-0.1, -0.05) is 12.1 Å². The molecule has 0 unspecified atom stereocenters. The number of pyridine rings is 1. The van der Waals surface area contributed by atoms with E-state index in [0.29, 0.717) is 11.4 Å². The summed E-state index contributed by atoms with van der Waals surface area (Å²) in [5, 5.41) is 2.64. The van der Waals surface area contributed by atoms with Crippen LogP contribution in [0, 0.1) is 6.92 Å². The summed E-state index contributed by atoms with van der Waals surface area (Å²) in [6.07, 6.45) is 1.56. The third-order valence-electron chi connectivity index (χ3n) is 3.27. The van der Waals surface area contributed by atoms with Gasteiger partial charge in [-0.25, -0.2) is 18.1 Å². The Bertz CT molecular complexity index is 807. The second kappa shape index (κ2) is 8.00. The lowest BCUT2D eigenvalue weighted by Gasteiger charge is -2.11. The van der Waals surface area contributed by atoms with Crippen LogP contribution in [0.2, 0.25) is 0 Å². The van der Waals surface area contributed by atoms with E-state index in [1.54, 1.807) is 37.4 Å². The molecular formula is C16H19N3O4S. The van der Waals surface area contributed by atoms with Crippen molar-refractivity contribution in [3.63, 3.8) is 0 Å². The Morgan fingerprint density at radius 3 is 2.71 bits per heavy atom. The number of carbonyl (C=O) groups is 1. The molecule has 0 saturated heterocycles. The second-order valence-corrected chi connectivity index (χ2v) is 6.80. The maximum atomic E-state index is 12.4. The molecule has 7 nitrogen and oxygen atoms in total. The van der Waals surface area contributed by atoms with E-state index in [-0.39, 0.29) is 23.6 Å². The van der Waals surface area contributed by atoms with Crippen LogP contribution in [0.15, 0.2) is 47.5 Å². The Labute approximate surface area is 141 Å². The summed E-state index contributed by atoms with van der Waals surface area (Å²) in [7, 11) is -2.22. The molecule has 0 aliphatic heterocycles. The van der Waals surface area contributed by atoms with Gasteiger partial charge in [0, 0.05) is 25.4 Å². The normalized spacial score (nSPS) is 11.2. The number of sulfonamides is 1. The number of benzene rings is 1. The van der Waals surface area contributed by atoms with E-state index in [1.807, 2.05) is 0 Å². The van der Waals surface area contributed by atoms with Crippen molar-refractivity contribution in [3.8, 4) is 0 Å². The molecule has 0 radical (unpaired) electrons. The number of methoxy groups -OCH3 is 1. The Balaban J connectivity index is 2.23. The number of nitrogens with one attached hydrogen (secondary N) is 2. The number of nitrogens with zero attached hydrogens (tertiary/aromatic N) is 1. The van der Waals surface area contributed by atoms with Crippen LogP contribution in [0.25, 0.3) is 0 Å². The van der Waals surface area contributed by atoms with Gasteiger partial charge in [0.15, 0.2) is 0 Å². The highest BCUT2D eigenvalue weighted by atomic mass is 32.2. The molecule has 0 aliphatic carbocycles. The molecular weight excluding hydrogens is 330 g/mol. The number of amides is 1. The zero-order chi connectivity index (χ0) is 17.6. The van der Waals surface area contributed by atoms with Crippen molar-refractivity contribution in [3.05, 3.63) is 53.7 Å². The molecule has 128 valence electrons. The van der Waals surface area contributed by atoms with Gasteiger partial charge < -0.3 is 10.1 Å². The van der Waals surface area contributed by atoms with Crippen molar-refractivity contribution >= 4 is 21.7 Å². The van der Waals surface area contributed by atoms with E-state index in [4.69, 9.17) is 4.74 Å². The first kappa shape index (κ1) is 18.1. The Kier molecular flexibility index (Phi) is 6.02. The van der Waals surface area contributed by atoms with Crippen molar-refractivity contribution in [1.82, 2.24) is 9.71 Å². The number of aryl methyl sites for hydroxylation is 1. The van der Waals surface area contributed by atoms with Crippen LogP contribution < -0.4 is 10.0 Å². The van der Waals surface area contributed by atoms with E-state index in [9.17, 15) is 13.2 Å². The fourth-order valence-electron chi connectivity index (χ4n) is 1.99. The lowest BCUT2D eigenvalue weighted by Crippen LogP contribution is -2.27. The number of carbonyl (C=O) groups excluding carboxylic acids is 1. The van der Waals surface area contributed by atoms with E-state index in [1.165, 1.54) is 19.2 Å². The third-order valence-corrected chi connectivity index (χ3v) is 4.73. The first-order valence-electron chi connectivity index (χ1n) is 7.25.